The van der Waals surface area contributed by atoms with Gasteiger partial charge in [0.15, 0.2) is 0 Å². The molecule has 13 nitrogen and oxygen atoms in total. The standard InChI is InChI=1S/C35H53N5O8/c1-12-28-35(9,44)32-22(4)30(38-25(7)41)20(2)15-34(8,24(6)21(3)31(42)23(5)33(43)48-28)46-19-27(18-45-32)39-47-17-26-13-14-29(37-16-26)40(11)36-10/h13-14,16,20-24,28,32,44H,10,12,15,17-19H2,1-9,11H3/b38-30+,39-27+/t20-,21-,22+,23-,24-,28-,32-,34-,35-/m1/s1. The number of aliphatic imine (C=N–C) groups is 1. The number of ether oxygens (including phenoxy) is 3. The largest absolute Gasteiger partial charge is 0.459 e. The quantitative estimate of drug-likeness (QED) is 0.199. The van der Waals surface area contributed by atoms with E-state index in [-0.39, 0.29) is 43.9 Å². The topological polar surface area (TPSA) is 162 Å². The zero-order chi connectivity index (χ0) is 36.0. The number of nitrogens with zero attached hydrogens (tertiary/aromatic N) is 5. The monoisotopic (exact) mass is 671 g/mol. The van der Waals surface area contributed by atoms with E-state index >= 15 is 0 Å². The fourth-order valence-electron chi connectivity index (χ4n) is 6.73. The molecule has 266 valence electrons. The van der Waals surface area contributed by atoms with Crippen LogP contribution in [-0.2, 0) is 40.0 Å². The fourth-order valence-corrected chi connectivity index (χ4v) is 6.73. The third-order valence-electron chi connectivity index (χ3n) is 10.00. The van der Waals surface area contributed by atoms with Gasteiger partial charge in [0.2, 0.25) is 5.91 Å². The Balaban J connectivity index is 2.15. The van der Waals surface area contributed by atoms with E-state index in [4.69, 9.17) is 19.0 Å². The summed E-state index contributed by atoms with van der Waals surface area (Å²) >= 11 is 0. The van der Waals surface area contributed by atoms with Crippen LogP contribution in [0.5, 0.6) is 0 Å². The lowest BCUT2D eigenvalue weighted by Gasteiger charge is -2.44. The Kier molecular flexibility index (Phi) is 13.2. The number of fused-ring (bicyclic) bond motifs is 5. The molecule has 9 atom stereocenters. The zero-order valence-electron chi connectivity index (χ0n) is 30.1. The Labute approximate surface area is 284 Å². The van der Waals surface area contributed by atoms with E-state index < -0.39 is 53.0 Å². The molecule has 0 saturated carbocycles. The van der Waals surface area contributed by atoms with Crippen LogP contribution < -0.4 is 5.01 Å². The summed E-state index contributed by atoms with van der Waals surface area (Å²) in [6.07, 6.45) is 0.227. The SMILES string of the molecule is C=NN(C)c1ccc(CO/N=C2\CO[C@@H]3[C@@H](C)/C(=N/C(C)=O)[C@H](C)C[C@@](C)(OC2)[C@H](C)[C@@H](C)C(=O)[C@@H](C)C(=O)O[C@H](CC)[C@@]3(C)O)cn1. The summed E-state index contributed by atoms with van der Waals surface area (Å²) in [7, 11) is 1.74. The van der Waals surface area contributed by atoms with Crippen molar-refractivity contribution in [3.05, 3.63) is 23.9 Å². The number of carbonyl (C=O) groups is 3. The Morgan fingerprint density at radius 3 is 2.42 bits per heavy atom. The molecule has 1 amide bonds. The maximum Gasteiger partial charge on any atom is 0.316 e. The number of hydrogen-bond donors (Lipinski definition) is 1. The molecule has 48 heavy (non-hydrogen) atoms. The molecule has 13 heteroatoms. The molecule has 2 bridgehead atoms. The van der Waals surface area contributed by atoms with Crippen molar-refractivity contribution in [1.82, 2.24) is 4.98 Å². The molecule has 0 radical (unpaired) electrons. The van der Waals surface area contributed by atoms with Gasteiger partial charge in [-0.3, -0.25) is 19.4 Å². The first-order chi connectivity index (χ1) is 22.5. The normalized spacial score (nSPS) is 35.6. The van der Waals surface area contributed by atoms with Crippen LogP contribution in [0.4, 0.5) is 5.82 Å². The number of aliphatic hydroxyl groups is 1. The number of hydrazone groups is 1. The van der Waals surface area contributed by atoms with Crippen molar-refractivity contribution in [2.75, 3.05) is 25.3 Å². The molecule has 2 saturated heterocycles. The van der Waals surface area contributed by atoms with Gasteiger partial charge in [-0.15, -0.1) is 0 Å². The average Bonchev–Trinajstić information content (AvgIpc) is 3.06. The molecular formula is C35H53N5O8. The van der Waals surface area contributed by atoms with Gasteiger partial charge in [-0.1, -0.05) is 45.8 Å². The van der Waals surface area contributed by atoms with Crippen LogP contribution in [0.25, 0.3) is 0 Å². The number of amides is 1. The smallest absolute Gasteiger partial charge is 0.316 e. The van der Waals surface area contributed by atoms with Crippen molar-refractivity contribution in [3.63, 3.8) is 0 Å². The fraction of sp³-hybridized carbons (Fsp3) is 0.686. The maximum atomic E-state index is 13.7. The molecule has 0 aromatic carbocycles. The summed E-state index contributed by atoms with van der Waals surface area (Å²) in [5.41, 5.74) is -1.03. The second-order valence-electron chi connectivity index (χ2n) is 13.7. The molecular weight excluding hydrogens is 618 g/mol. The van der Waals surface area contributed by atoms with E-state index in [1.165, 1.54) is 20.8 Å². The number of aromatic nitrogens is 1. The van der Waals surface area contributed by atoms with Gasteiger partial charge in [0.1, 0.15) is 41.5 Å². The molecule has 3 heterocycles. The summed E-state index contributed by atoms with van der Waals surface area (Å²) in [6.45, 7) is 19.1. The second-order valence-corrected chi connectivity index (χ2v) is 13.7. The number of esters is 1. The molecule has 1 N–H and O–H groups in total. The van der Waals surface area contributed by atoms with Crippen molar-refractivity contribution < 1.29 is 38.5 Å². The minimum atomic E-state index is -1.77. The van der Waals surface area contributed by atoms with E-state index in [0.29, 0.717) is 23.7 Å². The van der Waals surface area contributed by atoms with Gasteiger partial charge < -0.3 is 24.2 Å². The van der Waals surface area contributed by atoms with Crippen LogP contribution in [-0.4, -0.2) is 89.6 Å². The Bertz CT molecular complexity index is 1380. The lowest BCUT2D eigenvalue weighted by molar-refractivity contribution is -0.192. The highest BCUT2D eigenvalue weighted by molar-refractivity contribution is 6.00. The third kappa shape index (κ3) is 8.91. The van der Waals surface area contributed by atoms with Gasteiger partial charge in [0, 0.05) is 50.0 Å². The molecule has 0 spiro atoms. The molecule has 3 rings (SSSR count). The Morgan fingerprint density at radius 1 is 1.15 bits per heavy atom. The van der Waals surface area contributed by atoms with E-state index in [1.54, 1.807) is 38.2 Å². The number of oxime groups is 1. The Hall–Kier alpha value is -3.55. The van der Waals surface area contributed by atoms with Crippen LogP contribution in [0, 0.1) is 29.6 Å². The van der Waals surface area contributed by atoms with Crippen LogP contribution >= 0.6 is 0 Å². The Morgan fingerprint density at radius 2 is 1.83 bits per heavy atom. The molecule has 0 aliphatic carbocycles. The third-order valence-corrected chi connectivity index (χ3v) is 10.00. The molecule has 2 aliphatic rings. The lowest BCUT2D eigenvalue weighted by Crippen LogP contribution is -2.57. The summed E-state index contributed by atoms with van der Waals surface area (Å²) in [4.78, 5) is 54.1. The maximum absolute atomic E-state index is 13.7. The molecule has 1 aromatic heterocycles. The highest BCUT2D eigenvalue weighted by atomic mass is 16.6. The number of anilines is 1. The summed E-state index contributed by atoms with van der Waals surface area (Å²) < 4.78 is 19.0. The van der Waals surface area contributed by atoms with Gasteiger partial charge in [-0.25, -0.2) is 9.98 Å². The first kappa shape index (κ1) is 38.9. The van der Waals surface area contributed by atoms with Crippen molar-refractivity contribution in [3.8, 4) is 0 Å². The minimum Gasteiger partial charge on any atom is -0.459 e. The predicted molar refractivity (Wildman–Crippen MR) is 183 cm³/mol. The molecule has 2 aliphatic heterocycles. The van der Waals surface area contributed by atoms with Gasteiger partial charge in [-0.05, 0) is 51.5 Å². The number of cyclic esters (lactones) is 1. The van der Waals surface area contributed by atoms with E-state index in [2.05, 4.69) is 27.0 Å². The molecule has 1 aromatic rings. The van der Waals surface area contributed by atoms with E-state index in [9.17, 15) is 19.5 Å². The second kappa shape index (κ2) is 16.2. The summed E-state index contributed by atoms with van der Waals surface area (Å²) in [6, 6.07) is 3.63. The molecule has 2 fully saturated rings. The highest BCUT2D eigenvalue weighted by Crippen LogP contribution is 2.39. The number of carbonyl (C=O) groups excluding carboxylic acids is 3. The minimum absolute atomic E-state index is 0.00786. The number of rotatable bonds is 6. The van der Waals surface area contributed by atoms with Gasteiger partial charge >= 0.3 is 5.97 Å². The highest BCUT2D eigenvalue weighted by Gasteiger charge is 2.50. The number of ketones is 1. The van der Waals surface area contributed by atoms with Crippen LogP contribution in [0.2, 0.25) is 0 Å². The van der Waals surface area contributed by atoms with Gasteiger partial charge in [-0.2, -0.15) is 5.10 Å². The summed E-state index contributed by atoms with van der Waals surface area (Å²) in [5.74, 6) is -3.73. The van der Waals surface area contributed by atoms with E-state index in [0.717, 1.165) is 5.56 Å². The van der Waals surface area contributed by atoms with Gasteiger partial charge in [0.05, 0.1) is 24.9 Å². The number of pyridine rings is 1. The lowest BCUT2D eigenvalue weighted by atomic mass is 9.70. The van der Waals surface area contributed by atoms with Crippen molar-refractivity contribution in [1.29, 1.82) is 0 Å². The summed E-state index contributed by atoms with van der Waals surface area (Å²) in [5, 5.41) is 21.9. The number of hydrogen-bond acceptors (Lipinski definition) is 12. The van der Waals surface area contributed by atoms with Crippen molar-refractivity contribution in [2.24, 2.45) is 44.8 Å². The van der Waals surface area contributed by atoms with Gasteiger partial charge in [0.25, 0.3) is 0 Å². The average molecular weight is 672 g/mol. The number of Topliss-reactive ketones (excluding diaryl/α,β-unsaturated/α-hetero) is 1. The van der Waals surface area contributed by atoms with Crippen molar-refractivity contribution >= 4 is 41.6 Å². The van der Waals surface area contributed by atoms with Crippen molar-refractivity contribution in [2.45, 2.75) is 105 Å². The van der Waals surface area contributed by atoms with Crippen LogP contribution in [0.3, 0.4) is 0 Å². The molecule has 0 unspecified atom stereocenters. The first-order valence-electron chi connectivity index (χ1n) is 16.6. The predicted octanol–water partition coefficient (Wildman–Crippen LogP) is 4.39. The first-order valence-corrected chi connectivity index (χ1v) is 16.6. The van der Waals surface area contributed by atoms with Crippen LogP contribution in [0.1, 0.15) is 80.7 Å². The zero-order valence-corrected chi connectivity index (χ0v) is 30.1. The van der Waals surface area contributed by atoms with E-state index in [1.807, 2.05) is 33.8 Å². The van der Waals surface area contributed by atoms with Crippen LogP contribution in [0.15, 0.2) is 33.6 Å².